The lowest BCUT2D eigenvalue weighted by atomic mass is 10.1. The highest BCUT2D eigenvalue weighted by molar-refractivity contribution is 5.75. The van der Waals surface area contributed by atoms with Crippen molar-refractivity contribution in [2.24, 2.45) is 0 Å². The van der Waals surface area contributed by atoms with Gasteiger partial charge in [-0.2, -0.15) is 13.2 Å². The van der Waals surface area contributed by atoms with Gasteiger partial charge in [0, 0.05) is 17.7 Å². The lowest BCUT2D eigenvalue weighted by molar-refractivity contribution is -0.191. The van der Waals surface area contributed by atoms with E-state index < -0.39 is 29.9 Å². The van der Waals surface area contributed by atoms with Crippen LogP contribution in [0, 0.1) is 6.92 Å². The summed E-state index contributed by atoms with van der Waals surface area (Å²) < 4.78 is 35.2. The molecule has 1 aromatic heterocycles. The van der Waals surface area contributed by atoms with Gasteiger partial charge in [0.25, 0.3) is 5.56 Å². The van der Waals surface area contributed by atoms with Crippen molar-refractivity contribution in [3.05, 3.63) is 32.1 Å². The number of alkyl halides is 3. The van der Waals surface area contributed by atoms with Gasteiger partial charge in [0.1, 0.15) is 0 Å². The van der Waals surface area contributed by atoms with Gasteiger partial charge in [-0.1, -0.05) is 0 Å². The van der Waals surface area contributed by atoms with E-state index in [1.54, 1.807) is 5.48 Å². The molecule has 1 amide bonds. The highest BCUT2D eigenvalue weighted by Gasteiger charge is 2.28. The average molecular weight is 295 g/mol. The van der Waals surface area contributed by atoms with Crippen LogP contribution in [0.2, 0.25) is 0 Å². The summed E-state index contributed by atoms with van der Waals surface area (Å²) in [6.45, 7) is -0.124. The lowest BCUT2D eigenvalue weighted by Crippen LogP contribution is -2.31. The molecule has 0 unspecified atom stereocenters. The molecule has 3 N–H and O–H groups in total. The van der Waals surface area contributed by atoms with E-state index in [0.29, 0.717) is 5.69 Å². The number of halogens is 3. The number of carbonyl (C=O) groups excluding carboxylic acids is 1. The van der Waals surface area contributed by atoms with Gasteiger partial charge in [-0.05, 0) is 13.3 Å². The van der Waals surface area contributed by atoms with Crippen molar-refractivity contribution in [1.82, 2.24) is 15.4 Å². The SMILES string of the molecule is Cc1[nH]c(=O)[nH]c(=O)c1CCC(=O)NOCC(F)(F)F. The van der Waals surface area contributed by atoms with E-state index in [1.165, 1.54) is 6.92 Å². The number of aromatic amines is 2. The fraction of sp³-hybridized carbons (Fsp3) is 0.500. The quantitative estimate of drug-likeness (QED) is 0.661. The maximum Gasteiger partial charge on any atom is 0.414 e. The van der Waals surface area contributed by atoms with E-state index in [2.05, 4.69) is 9.82 Å². The van der Waals surface area contributed by atoms with Crippen molar-refractivity contribution in [3.8, 4) is 0 Å². The topological polar surface area (TPSA) is 104 Å². The van der Waals surface area contributed by atoms with Crippen LogP contribution in [0.15, 0.2) is 9.59 Å². The van der Waals surface area contributed by atoms with Crippen LogP contribution in [-0.4, -0.2) is 28.7 Å². The fourth-order valence-corrected chi connectivity index (χ4v) is 1.41. The Labute approximate surface area is 110 Å². The van der Waals surface area contributed by atoms with Gasteiger partial charge in [-0.25, -0.2) is 10.3 Å². The lowest BCUT2D eigenvalue weighted by Gasteiger charge is -2.08. The van der Waals surface area contributed by atoms with E-state index in [9.17, 15) is 27.6 Å². The van der Waals surface area contributed by atoms with Crippen LogP contribution < -0.4 is 16.7 Å². The number of hydrogen-bond donors (Lipinski definition) is 3. The number of aromatic nitrogens is 2. The smallest absolute Gasteiger partial charge is 0.311 e. The molecule has 0 aliphatic heterocycles. The second-order valence-electron chi connectivity index (χ2n) is 3.94. The zero-order chi connectivity index (χ0) is 15.3. The standard InChI is InChI=1S/C10H12F3N3O4/c1-5-6(8(18)15-9(19)14-5)2-3-7(17)16-20-4-10(11,12)13/h2-4H2,1H3,(H,16,17)(H2,14,15,18,19). The summed E-state index contributed by atoms with van der Waals surface area (Å²) in [5, 5.41) is 0. The molecule has 20 heavy (non-hydrogen) atoms. The summed E-state index contributed by atoms with van der Waals surface area (Å²) in [4.78, 5) is 41.8. The third-order valence-corrected chi connectivity index (χ3v) is 2.28. The Morgan fingerprint density at radius 2 is 1.95 bits per heavy atom. The van der Waals surface area contributed by atoms with E-state index in [0.717, 1.165) is 0 Å². The van der Waals surface area contributed by atoms with Crippen molar-refractivity contribution < 1.29 is 22.8 Å². The van der Waals surface area contributed by atoms with Gasteiger partial charge in [-0.15, -0.1) is 0 Å². The Morgan fingerprint density at radius 1 is 1.30 bits per heavy atom. The average Bonchev–Trinajstić information content (AvgIpc) is 2.25. The summed E-state index contributed by atoms with van der Waals surface area (Å²) in [5.74, 6) is -0.806. The molecule has 0 saturated heterocycles. The van der Waals surface area contributed by atoms with Gasteiger partial charge in [0.2, 0.25) is 5.91 Å². The van der Waals surface area contributed by atoms with Crippen molar-refractivity contribution >= 4 is 5.91 Å². The summed E-state index contributed by atoms with van der Waals surface area (Å²) in [5.41, 5.74) is 0.772. The minimum absolute atomic E-state index is 0.0425. The van der Waals surface area contributed by atoms with Gasteiger partial charge < -0.3 is 4.98 Å². The predicted octanol–water partition coefficient (Wildman–Crippen LogP) is -0.0857. The minimum Gasteiger partial charge on any atom is -0.311 e. The Bertz CT molecular complexity index is 591. The zero-order valence-corrected chi connectivity index (χ0v) is 10.4. The Morgan fingerprint density at radius 3 is 2.50 bits per heavy atom. The molecule has 1 aromatic rings. The van der Waals surface area contributed by atoms with Crippen molar-refractivity contribution in [1.29, 1.82) is 0 Å². The van der Waals surface area contributed by atoms with Gasteiger partial charge in [0.15, 0.2) is 6.61 Å². The normalized spacial score (nSPS) is 11.4. The number of rotatable bonds is 5. The zero-order valence-electron chi connectivity index (χ0n) is 10.4. The Balaban J connectivity index is 2.50. The number of hydroxylamine groups is 1. The molecule has 0 aliphatic rings. The number of H-pyrrole nitrogens is 2. The fourth-order valence-electron chi connectivity index (χ4n) is 1.41. The Hall–Kier alpha value is -2.10. The molecule has 0 aromatic carbocycles. The van der Waals surface area contributed by atoms with Crippen molar-refractivity contribution in [3.63, 3.8) is 0 Å². The van der Waals surface area contributed by atoms with Gasteiger partial charge >= 0.3 is 11.9 Å². The molecule has 0 bridgehead atoms. The molecule has 112 valence electrons. The summed E-state index contributed by atoms with van der Waals surface area (Å²) in [6, 6.07) is 0. The number of amides is 1. The summed E-state index contributed by atoms with van der Waals surface area (Å²) in [7, 11) is 0. The van der Waals surface area contributed by atoms with Gasteiger partial charge in [0.05, 0.1) is 0 Å². The molecule has 0 saturated carbocycles. The molecular weight excluding hydrogens is 283 g/mol. The highest BCUT2D eigenvalue weighted by atomic mass is 19.4. The first-order chi connectivity index (χ1) is 9.19. The highest BCUT2D eigenvalue weighted by Crippen LogP contribution is 2.13. The largest absolute Gasteiger partial charge is 0.414 e. The number of hydrogen-bond acceptors (Lipinski definition) is 4. The Kier molecular flexibility index (Phi) is 5.08. The van der Waals surface area contributed by atoms with Crippen molar-refractivity contribution in [2.45, 2.75) is 25.9 Å². The first kappa shape index (κ1) is 16.0. The van der Waals surface area contributed by atoms with Crippen molar-refractivity contribution in [2.75, 3.05) is 6.61 Å². The second-order valence-corrected chi connectivity index (χ2v) is 3.94. The molecule has 10 heteroatoms. The van der Waals surface area contributed by atoms with Crippen LogP contribution in [0.25, 0.3) is 0 Å². The van der Waals surface area contributed by atoms with Gasteiger partial charge in [-0.3, -0.25) is 19.4 Å². The van der Waals surface area contributed by atoms with Crippen LogP contribution in [0.1, 0.15) is 17.7 Å². The third-order valence-electron chi connectivity index (χ3n) is 2.28. The molecular formula is C10H12F3N3O4. The predicted molar refractivity (Wildman–Crippen MR) is 60.9 cm³/mol. The number of carbonyl (C=O) groups is 1. The molecule has 0 aliphatic carbocycles. The molecule has 0 fully saturated rings. The minimum atomic E-state index is -4.54. The molecule has 1 heterocycles. The molecule has 0 spiro atoms. The molecule has 1 rings (SSSR count). The van der Waals surface area contributed by atoms with E-state index >= 15 is 0 Å². The maximum absolute atomic E-state index is 11.7. The molecule has 0 atom stereocenters. The van der Waals surface area contributed by atoms with E-state index in [-0.39, 0.29) is 18.4 Å². The summed E-state index contributed by atoms with van der Waals surface area (Å²) >= 11 is 0. The third kappa shape index (κ3) is 5.26. The van der Waals surface area contributed by atoms with Crippen LogP contribution >= 0.6 is 0 Å². The number of aryl methyl sites for hydroxylation is 1. The van der Waals surface area contributed by atoms with Crippen LogP contribution in [0.4, 0.5) is 13.2 Å². The molecule has 0 radical (unpaired) electrons. The second kappa shape index (κ2) is 6.37. The van der Waals surface area contributed by atoms with Crippen LogP contribution in [0.5, 0.6) is 0 Å². The maximum atomic E-state index is 11.7. The van der Waals surface area contributed by atoms with Crippen LogP contribution in [-0.2, 0) is 16.1 Å². The van der Waals surface area contributed by atoms with E-state index in [1.807, 2.05) is 4.98 Å². The first-order valence-electron chi connectivity index (χ1n) is 5.48. The van der Waals surface area contributed by atoms with Crippen LogP contribution in [0.3, 0.4) is 0 Å². The summed E-state index contributed by atoms with van der Waals surface area (Å²) in [6.07, 6.45) is -4.84. The van der Waals surface area contributed by atoms with E-state index in [4.69, 9.17) is 0 Å². The monoisotopic (exact) mass is 295 g/mol. The molecule has 7 nitrogen and oxygen atoms in total. The number of nitrogens with one attached hydrogen (secondary N) is 3. The first-order valence-corrected chi connectivity index (χ1v) is 5.48.